The van der Waals surface area contributed by atoms with Crippen molar-refractivity contribution in [1.82, 2.24) is 0 Å². The number of hydrogen-bond donors (Lipinski definition) is 1. The van der Waals surface area contributed by atoms with Crippen molar-refractivity contribution in [3.63, 3.8) is 0 Å². The van der Waals surface area contributed by atoms with E-state index in [1.165, 1.54) is 6.07 Å². The SMILES string of the molecule is CC(N)[C@@H](C)c1ccccc1F. The maximum absolute atomic E-state index is 13.1. The van der Waals surface area contributed by atoms with Gasteiger partial charge in [-0.05, 0) is 24.5 Å². The molecule has 2 atom stereocenters. The van der Waals surface area contributed by atoms with Gasteiger partial charge in [-0.25, -0.2) is 4.39 Å². The lowest BCUT2D eigenvalue weighted by Gasteiger charge is -2.16. The first kappa shape index (κ1) is 9.20. The Balaban J connectivity index is 2.94. The van der Waals surface area contributed by atoms with Crippen LogP contribution in [0.4, 0.5) is 4.39 Å². The van der Waals surface area contributed by atoms with Gasteiger partial charge in [0.15, 0.2) is 0 Å². The zero-order chi connectivity index (χ0) is 9.14. The molecule has 66 valence electrons. The van der Waals surface area contributed by atoms with Crippen molar-refractivity contribution in [2.45, 2.75) is 25.8 Å². The third-order valence-corrected chi connectivity index (χ3v) is 2.18. The smallest absolute Gasteiger partial charge is 0.126 e. The molecule has 0 saturated carbocycles. The van der Waals surface area contributed by atoms with E-state index >= 15 is 0 Å². The Kier molecular flexibility index (Phi) is 2.82. The van der Waals surface area contributed by atoms with E-state index in [-0.39, 0.29) is 17.8 Å². The van der Waals surface area contributed by atoms with E-state index < -0.39 is 0 Å². The fourth-order valence-corrected chi connectivity index (χ4v) is 1.13. The largest absolute Gasteiger partial charge is 0.327 e. The Morgan fingerprint density at radius 1 is 1.25 bits per heavy atom. The quantitative estimate of drug-likeness (QED) is 0.718. The van der Waals surface area contributed by atoms with E-state index in [1.807, 2.05) is 19.9 Å². The molecule has 0 amide bonds. The molecule has 0 aliphatic carbocycles. The summed E-state index contributed by atoms with van der Waals surface area (Å²) in [5, 5.41) is 0. The third kappa shape index (κ3) is 1.83. The summed E-state index contributed by atoms with van der Waals surface area (Å²) in [5.41, 5.74) is 6.37. The van der Waals surface area contributed by atoms with Crippen LogP contribution in [-0.2, 0) is 0 Å². The van der Waals surface area contributed by atoms with Crippen LogP contribution in [0.3, 0.4) is 0 Å². The molecule has 0 aliphatic rings. The van der Waals surface area contributed by atoms with Crippen LogP contribution >= 0.6 is 0 Å². The van der Waals surface area contributed by atoms with Crippen molar-refractivity contribution in [3.05, 3.63) is 35.6 Å². The Bertz CT molecular complexity index is 258. The van der Waals surface area contributed by atoms with Gasteiger partial charge >= 0.3 is 0 Å². The molecule has 12 heavy (non-hydrogen) atoms. The van der Waals surface area contributed by atoms with E-state index in [2.05, 4.69) is 0 Å². The molecule has 0 saturated heterocycles. The van der Waals surface area contributed by atoms with Gasteiger partial charge in [0.25, 0.3) is 0 Å². The Hall–Kier alpha value is -0.890. The molecule has 0 heterocycles. The van der Waals surface area contributed by atoms with Crippen LogP contribution in [0.25, 0.3) is 0 Å². The molecule has 1 nitrogen and oxygen atoms in total. The topological polar surface area (TPSA) is 26.0 Å². The first-order valence-corrected chi connectivity index (χ1v) is 4.13. The summed E-state index contributed by atoms with van der Waals surface area (Å²) in [6.45, 7) is 3.82. The normalized spacial score (nSPS) is 15.7. The van der Waals surface area contributed by atoms with Gasteiger partial charge in [0.2, 0.25) is 0 Å². The number of halogens is 1. The zero-order valence-electron chi connectivity index (χ0n) is 7.42. The first-order valence-electron chi connectivity index (χ1n) is 4.13. The van der Waals surface area contributed by atoms with Crippen molar-refractivity contribution >= 4 is 0 Å². The summed E-state index contributed by atoms with van der Waals surface area (Å²) < 4.78 is 13.1. The highest BCUT2D eigenvalue weighted by molar-refractivity contribution is 5.22. The highest BCUT2D eigenvalue weighted by atomic mass is 19.1. The van der Waals surface area contributed by atoms with E-state index in [0.717, 1.165) is 0 Å². The highest BCUT2D eigenvalue weighted by Crippen LogP contribution is 2.20. The lowest BCUT2D eigenvalue weighted by Crippen LogP contribution is -2.23. The standard InChI is InChI=1S/C10H14FN/c1-7(8(2)12)9-5-3-4-6-10(9)11/h3-8H,12H2,1-2H3/t7-,8?/m1/s1. The van der Waals surface area contributed by atoms with Crippen LogP contribution in [-0.4, -0.2) is 6.04 Å². The summed E-state index contributed by atoms with van der Waals surface area (Å²) in [4.78, 5) is 0. The zero-order valence-corrected chi connectivity index (χ0v) is 7.42. The van der Waals surface area contributed by atoms with Crippen LogP contribution in [0.1, 0.15) is 25.3 Å². The van der Waals surface area contributed by atoms with Crippen molar-refractivity contribution in [3.8, 4) is 0 Å². The molecular weight excluding hydrogens is 153 g/mol. The monoisotopic (exact) mass is 167 g/mol. The average molecular weight is 167 g/mol. The van der Waals surface area contributed by atoms with Gasteiger partial charge in [-0.2, -0.15) is 0 Å². The van der Waals surface area contributed by atoms with Crippen LogP contribution in [0.5, 0.6) is 0 Å². The van der Waals surface area contributed by atoms with Crippen molar-refractivity contribution in [1.29, 1.82) is 0 Å². The van der Waals surface area contributed by atoms with Gasteiger partial charge in [-0.3, -0.25) is 0 Å². The molecule has 0 aromatic heterocycles. The molecule has 2 N–H and O–H groups in total. The predicted octanol–water partition coefficient (Wildman–Crippen LogP) is 2.28. The third-order valence-electron chi connectivity index (χ3n) is 2.18. The van der Waals surface area contributed by atoms with Crippen LogP contribution in [0.15, 0.2) is 24.3 Å². The summed E-state index contributed by atoms with van der Waals surface area (Å²) in [6.07, 6.45) is 0. The van der Waals surface area contributed by atoms with Crippen molar-refractivity contribution in [2.75, 3.05) is 0 Å². The molecular formula is C10H14FN. The molecule has 2 heteroatoms. The van der Waals surface area contributed by atoms with E-state index in [9.17, 15) is 4.39 Å². The summed E-state index contributed by atoms with van der Waals surface area (Å²) >= 11 is 0. The molecule has 0 aliphatic heterocycles. The van der Waals surface area contributed by atoms with Crippen molar-refractivity contribution < 1.29 is 4.39 Å². The van der Waals surface area contributed by atoms with Gasteiger partial charge in [0, 0.05) is 6.04 Å². The molecule has 0 fully saturated rings. The minimum Gasteiger partial charge on any atom is -0.327 e. The Labute approximate surface area is 72.4 Å². The molecule has 1 rings (SSSR count). The second-order valence-electron chi connectivity index (χ2n) is 3.17. The second kappa shape index (κ2) is 3.68. The summed E-state index contributed by atoms with van der Waals surface area (Å²) in [7, 11) is 0. The van der Waals surface area contributed by atoms with Gasteiger partial charge in [0.05, 0.1) is 0 Å². The maximum Gasteiger partial charge on any atom is 0.126 e. The molecule has 0 bridgehead atoms. The number of rotatable bonds is 2. The van der Waals surface area contributed by atoms with E-state index in [0.29, 0.717) is 5.56 Å². The fourth-order valence-electron chi connectivity index (χ4n) is 1.13. The van der Waals surface area contributed by atoms with E-state index in [1.54, 1.807) is 12.1 Å². The number of nitrogens with two attached hydrogens (primary N) is 1. The average Bonchev–Trinajstić information content (AvgIpc) is 2.04. The fraction of sp³-hybridized carbons (Fsp3) is 0.400. The van der Waals surface area contributed by atoms with Crippen LogP contribution in [0, 0.1) is 5.82 Å². The lowest BCUT2D eigenvalue weighted by atomic mass is 9.95. The second-order valence-corrected chi connectivity index (χ2v) is 3.17. The van der Waals surface area contributed by atoms with Gasteiger partial charge in [-0.1, -0.05) is 25.1 Å². The minimum atomic E-state index is -0.165. The van der Waals surface area contributed by atoms with Gasteiger partial charge in [-0.15, -0.1) is 0 Å². The van der Waals surface area contributed by atoms with Crippen molar-refractivity contribution in [2.24, 2.45) is 5.73 Å². The van der Waals surface area contributed by atoms with Crippen LogP contribution < -0.4 is 5.73 Å². The maximum atomic E-state index is 13.1. The van der Waals surface area contributed by atoms with Crippen LogP contribution in [0.2, 0.25) is 0 Å². The lowest BCUT2D eigenvalue weighted by molar-refractivity contribution is 0.550. The summed E-state index contributed by atoms with van der Waals surface area (Å²) in [6, 6.07) is 6.75. The molecule has 1 aromatic carbocycles. The Morgan fingerprint density at radius 2 is 1.83 bits per heavy atom. The number of hydrogen-bond acceptors (Lipinski definition) is 1. The number of benzene rings is 1. The Morgan fingerprint density at radius 3 is 2.33 bits per heavy atom. The van der Waals surface area contributed by atoms with Gasteiger partial charge < -0.3 is 5.73 Å². The molecule has 1 aromatic rings. The van der Waals surface area contributed by atoms with E-state index in [4.69, 9.17) is 5.73 Å². The first-order chi connectivity index (χ1) is 5.63. The molecule has 1 unspecified atom stereocenters. The van der Waals surface area contributed by atoms with Gasteiger partial charge in [0.1, 0.15) is 5.82 Å². The molecule has 0 spiro atoms. The summed E-state index contributed by atoms with van der Waals surface area (Å²) in [5.74, 6) is -0.0894. The highest BCUT2D eigenvalue weighted by Gasteiger charge is 2.13. The predicted molar refractivity (Wildman–Crippen MR) is 48.5 cm³/mol. The molecule has 0 radical (unpaired) electrons. The minimum absolute atomic E-state index is 0.0121.